The number of methoxy groups -OCH3 is 1. The van der Waals surface area contributed by atoms with Crippen LogP contribution in [0.3, 0.4) is 0 Å². The number of hydrogen-bond acceptors (Lipinski definition) is 6. The molecule has 8 heteroatoms. The van der Waals surface area contributed by atoms with Gasteiger partial charge in [-0.15, -0.1) is 11.3 Å². The first-order valence-corrected chi connectivity index (χ1v) is 10.8. The molecule has 4 rings (SSSR count). The minimum Gasteiger partial charge on any atom is -0.497 e. The lowest BCUT2D eigenvalue weighted by Crippen LogP contribution is -2.47. The molecule has 0 bridgehead atoms. The first-order valence-electron chi connectivity index (χ1n) is 9.58. The van der Waals surface area contributed by atoms with Crippen LogP contribution in [0.4, 0.5) is 0 Å². The van der Waals surface area contributed by atoms with Gasteiger partial charge in [0.25, 0.3) is 5.91 Å². The maximum absolute atomic E-state index is 12.8. The van der Waals surface area contributed by atoms with Gasteiger partial charge in [-0.25, -0.2) is 0 Å². The molecule has 1 N–H and O–H groups in total. The summed E-state index contributed by atoms with van der Waals surface area (Å²) in [6.07, 6.45) is 1.53. The van der Waals surface area contributed by atoms with E-state index in [0.717, 1.165) is 29.2 Å². The van der Waals surface area contributed by atoms with Crippen LogP contribution in [-0.2, 0) is 19.8 Å². The lowest BCUT2D eigenvalue weighted by Gasteiger charge is -2.38. The zero-order chi connectivity index (χ0) is 20.3. The van der Waals surface area contributed by atoms with E-state index >= 15 is 0 Å². The molecule has 0 saturated carbocycles. The smallest absolute Gasteiger partial charge is 0.264 e. The molecule has 0 spiro atoms. The predicted octanol–water partition coefficient (Wildman–Crippen LogP) is 3.77. The molecule has 29 heavy (non-hydrogen) atoms. The van der Waals surface area contributed by atoms with Crippen molar-refractivity contribution in [3.63, 3.8) is 0 Å². The standard InChI is InChI=1S/C21H23ClN2O4S/c1-26-15-4-2-14(3-5-15)21(8-10-27-11-9-21)13-23-20(25)17-12-16(24-28-17)18-6-7-19(22)29-18/h2-7,17H,8-13H2,1H3,(H,23,25). The predicted molar refractivity (Wildman–Crippen MR) is 113 cm³/mol. The third-order valence-corrected chi connectivity index (χ3v) is 6.85. The van der Waals surface area contributed by atoms with Gasteiger partial charge >= 0.3 is 0 Å². The van der Waals surface area contributed by atoms with E-state index in [4.69, 9.17) is 25.9 Å². The average Bonchev–Trinajstić information content (AvgIpc) is 3.42. The van der Waals surface area contributed by atoms with Crippen molar-refractivity contribution in [2.75, 3.05) is 26.9 Å². The molecule has 1 unspecified atom stereocenters. The monoisotopic (exact) mass is 434 g/mol. The molecule has 1 aromatic carbocycles. The van der Waals surface area contributed by atoms with Gasteiger partial charge in [0, 0.05) is 31.6 Å². The number of nitrogens with one attached hydrogen (secondary N) is 1. The van der Waals surface area contributed by atoms with E-state index in [9.17, 15) is 4.79 Å². The normalized spacial score (nSPS) is 20.6. The summed E-state index contributed by atoms with van der Waals surface area (Å²) in [6.45, 7) is 1.88. The maximum atomic E-state index is 12.8. The highest BCUT2D eigenvalue weighted by Crippen LogP contribution is 2.35. The highest BCUT2D eigenvalue weighted by atomic mass is 35.5. The van der Waals surface area contributed by atoms with Crippen molar-refractivity contribution in [2.24, 2.45) is 5.16 Å². The van der Waals surface area contributed by atoms with Gasteiger partial charge in [-0.1, -0.05) is 28.9 Å². The number of oxime groups is 1. The Morgan fingerprint density at radius 1 is 1.28 bits per heavy atom. The summed E-state index contributed by atoms with van der Waals surface area (Å²) in [5, 5.41) is 7.18. The molecule has 3 heterocycles. The van der Waals surface area contributed by atoms with Crippen LogP contribution in [0.5, 0.6) is 5.75 Å². The van der Waals surface area contributed by atoms with E-state index < -0.39 is 6.10 Å². The van der Waals surface area contributed by atoms with Crippen LogP contribution in [0.25, 0.3) is 0 Å². The van der Waals surface area contributed by atoms with Crippen LogP contribution in [0, 0.1) is 0 Å². The second kappa shape index (κ2) is 8.73. The zero-order valence-corrected chi connectivity index (χ0v) is 17.7. The molecular weight excluding hydrogens is 412 g/mol. The van der Waals surface area contributed by atoms with Gasteiger partial charge < -0.3 is 19.6 Å². The quantitative estimate of drug-likeness (QED) is 0.751. The maximum Gasteiger partial charge on any atom is 0.264 e. The van der Waals surface area contributed by atoms with Crippen LogP contribution >= 0.6 is 22.9 Å². The van der Waals surface area contributed by atoms with Gasteiger partial charge in [-0.05, 0) is 42.7 Å². The molecule has 0 aliphatic carbocycles. The molecular formula is C21H23ClN2O4S. The van der Waals surface area contributed by atoms with Gasteiger partial charge in [-0.2, -0.15) is 0 Å². The minimum atomic E-state index is -0.612. The number of rotatable bonds is 6. The summed E-state index contributed by atoms with van der Waals surface area (Å²) in [5.41, 5.74) is 1.78. The number of amides is 1. The molecule has 6 nitrogen and oxygen atoms in total. The summed E-state index contributed by atoms with van der Waals surface area (Å²) >= 11 is 7.42. The molecule has 1 amide bonds. The molecule has 1 aromatic heterocycles. The van der Waals surface area contributed by atoms with Crippen LogP contribution in [0.1, 0.15) is 29.7 Å². The molecule has 2 aromatic rings. The number of benzene rings is 1. The summed E-state index contributed by atoms with van der Waals surface area (Å²) in [7, 11) is 1.65. The molecule has 0 radical (unpaired) electrons. The third-order valence-electron chi connectivity index (χ3n) is 5.57. The highest BCUT2D eigenvalue weighted by molar-refractivity contribution is 7.18. The highest BCUT2D eigenvalue weighted by Gasteiger charge is 2.37. The molecule has 1 atom stereocenters. The third kappa shape index (κ3) is 4.42. The van der Waals surface area contributed by atoms with E-state index in [2.05, 4.69) is 22.6 Å². The fraction of sp³-hybridized carbons (Fsp3) is 0.429. The summed E-state index contributed by atoms with van der Waals surface area (Å²) in [5.74, 6) is 0.670. The minimum absolute atomic E-state index is 0.147. The molecule has 1 fully saturated rings. The Balaban J connectivity index is 1.40. The van der Waals surface area contributed by atoms with Crippen molar-refractivity contribution in [3.8, 4) is 5.75 Å². The van der Waals surface area contributed by atoms with Crippen LogP contribution in [0.15, 0.2) is 41.6 Å². The van der Waals surface area contributed by atoms with Gasteiger partial charge in [-0.3, -0.25) is 4.79 Å². The Hall–Kier alpha value is -2.09. The topological polar surface area (TPSA) is 69.2 Å². The summed E-state index contributed by atoms with van der Waals surface area (Å²) in [4.78, 5) is 19.1. The van der Waals surface area contributed by atoms with E-state index in [1.54, 1.807) is 7.11 Å². The molecule has 154 valence electrons. The van der Waals surface area contributed by atoms with E-state index in [-0.39, 0.29) is 11.3 Å². The lowest BCUT2D eigenvalue weighted by atomic mass is 9.74. The summed E-state index contributed by atoms with van der Waals surface area (Å²) in [6, 6.07) is 11.8. The first-order chi connectivity index (χ1) is 14.1. The van der Waals surface area contributed by atoms with Crippen LogP contribution in [-0.4, -0.2) is 44.6 Å². The average molecular weight is 435 g/mol. The van der Waals surface area contributed by atoms with Crippen molar-refractivity contribution in [3.05, 3.63) is 51.2 Å². The van der Waals surface area contributed by atoms with Crippen LogP contribution in [0.2, 0.25) is 4.34 Å². The SMILES string of the molecule is COc1ccc(C2(CNC(=O)C3CC(c4ccc(Cl)s4)=NO3)CCOCC2)cc1. The molecule has 1 saturated heterocycles. The Kier molecular flexibility index (Phi) is 6.08. The second-order valence-electron chi connectivity index (χ2n) is 7.28. The van der Waals surface area contributed by atoms with E-state index in [1.165, 1.54) is 16.9 Å². The molecule has 2 aliphatic heterocycles. The largest absolute Gasteiger partial charge is 0.497 e. The van der Waals surface area contributed by atoms with Crippen molar-refractivity contribution in [2.45, 2.75) is 30.8 Å². The number of halogens is 1. The number of carbonyl (C=O) groups excluding carboxylic acids is 1. The van der Waals surface area contributed by atoms with Gasteiger partial charge in [0.1, 0.15) is 11.5 Å². The summed E-state index contributed by atoms with van der Waals surface area (Å²) < 4.78 is 11.5. The lowest BCUT2D eigenvalue weighted by molar-refractivity contribution is -0.131. The number of nitrogens with zero attached hydrogens (tertiary/aromatic N) is 1. The van der Waals surface area contributed by atoms with Crippen LogP contribution < -0.4 is 10.1 Å². The van der Waals surface area contributed by atoms with Gasteiger partial charge in [0.15, 0.2) is 0 Å². The number of carbonyl (C=O) groups is 1. The van der Waals surface area contributed by atoms with E-state index in [0.29, 0.717) is 30.5 Å². The van der Waals surface area contributed by atoms with Crippen molar-refractivity contribution >= 4 is 34.6 Å². The second-order valence-corrected chi connectivity index (χ2v) is 8.99. The Morgan fingerprint density at radius 3 is 2.69 bits per heavy atom. The fourth-order valence-corrected chi connectivity index (χ4v) is 4.81. The van der Waals surface area contributed by atoms with Crippen molar-refractivity contribution in [1.82, 2.24) is 5.32 Å². The number of thiophene rings is 1. The number of ether oxygens (including phenoxy) is 2. The Labute approximate surface area is 178 Å². The van der Waals surface area contributed by atoms with Crippen molar-refractivity contribution < 1.29 is 19.1 Å². The Bertz CT molecular complexity index is 890. The van der Waals surface area contributed by atoms with Crippen molar-refractivity contribution in [1.29, 1.82) is 0 Å². The first kappa shape index (κ1) is 20.2. The van der Waals surface area contributed by atoms with E-state index in [1.807, 2.05) is 24.3 Å². The zero-order valence-electron chi connectivity index (χ0n) is 16.2. The molecule has 2 aliphatic rings. The van der Waals surface area contributed by atoms with Gasteiger partial charge in [0.05, 0.1) is 16.3 Å². The van der Waals surface area contributed by atoms with Gasteiger partial charge in [0.2, 0.25) is 6.10 Å². The fourth-order valence-electron chi connectivity index (χ4n) is 3.78. The Morgan fingerprint density at radius 2 is 2.03 bits per heavy atom. The number of hydrogen-bond donors (Lipinski definition) is 1.